The van der Waals surface area contributed by atoms with E-state index in [0.717, 1.165) is 41.5 Å². The van der Waals surface area contributed by atoms with E-state index in [1.165, 1.54) is 0 Å². The lowest BCUT2D eigenvalue weighted by Gasteiger charge is -2.08. The normalized spacial score (nSPS) is 11.0. The van der Waals surface area contributed by atoms with Crippen LogP contribution >= 0.6 is 0 Å². The van der Waals surface area contributed by atoms with Crippen molar-refractivity contribution in [1.82, 2.24) is 14.1 Å². The summed E-state index contributed by atoms with van der Waals surface area (Å²) < 4.78 is 4.26. The number of carbonyl (C=O) groups excluding carboxylic acids is 1. The van der Waals surface area contributed by atoms with Crippen LogP contribution in [-0.2, 0) is 13.1 Å². The van der Waals surface area contributed by atoms with Crippen molar-refractivity contribution in [2.75, 3.05) is 0 Å². The lowest BCUT2D eigenvalue weighted by Crippen LogP contribution is -2.05. The van der Waals surface area contributed by atoms with Crippen molar-refractivity contribution in [2.45, 2.75) is 20.0 Å². The molecule has 19 heavy (non-hydrogen) atoms. The highest BCUT2D eigenvalue weighted by atomic mass is 16.1. The number of carbonyl (C=O) groups is 1. The maximum Gasteiger partial charge on any atom is 0.150 e. The van der Waals surface area contributed by atoms with Crippen LogP contribution < -0.4 is 0 Å². The first kappa shape index (κ1) is 11.7. The van der Waals surface area contributed by atoms with Crippen molar-refractivity contribution in [3.63, 3.8) is 0 Å². The van der Waals surface area contributed by atoms with E-state index in [1.807, 2.05) is 43.0 Å². The zero-order chi connectivity index (χ0) is 13.2. The topological polar surface area (TPSA) is 39.8 Å². The van der Waals surface area contributed by atoms with Crippen LogP contribution in [-0.4, -0.2) is 20.4 Å². The van der Waals surface area contributed by atoms with Gasteiger partial charge in [-0.05, 0) is 19.1 Å². The summed E-state index contributed by atoms with van der Waals surface area (Å²) in [5.41, 5.74) is 2.98. The van der Waals surface area contributed by atoms with Gasteiger partial charge >= 0.3 is 0 Å². The maximum absolute atomic E-state index is 11.0. The molecule has 96 valence electrons. The zero-order valence-electron chi connectivity index (χ0n) is 10.8. The molecule has 0 radical (unpaired) electrons. The number of aromatic nitrogens is 3. The molecule has 2 heterocycles. The Hall–Kier alpha value is -2.36. The van der Waals surface area contributed by atoms with Crippen LogP contribution in [0.1, 0.15) is 23.0 Å². The summed E-state index contributed by atoms with van der Waals surface area (Å²) in [7, 11) is 0. The second-order valence-corrected chi connectivity index (χ2v) is 4.51. The first-order valence-electron chi connectivity index (χ1n) is 6.35. The fraction of sp³-hybridized carbons (Fsp3) is 0.200. The largest absolute Gasteiger partial charge is 0.341 e. The molecule has 0 aliphatic carbocycles. The summed E-state index contributed by atoms with van der Waals surface area (Å²) in [6.07, 6.45) is 6.66. The summed E-state index contributed by atoms with van der Waals surface area (Å²) in [5, 5.41) is 1.00. The molecule has 3 aromatic rings. The first-order valence-corrected chi connectivity index (χ1v) is 6.35. The molecule has 0 aliphatic rings. The zero-order valence-corrected chi connectivity index (χ0v) is 10.8. The molecule has 0 unspecified atom stereocenters. The van der Waals surface area contributed by atoms with Crippen LogP contribution in [0.5, 0.6) is 0 Å². The van der Waals surface area contributed by atoms with Gasteiger partial charge < -0.3 is 9.13 Å². The molecule has 0 N–H and O–H groups in total. The van der Waals surface area contributed by atoms with E-state index in [4.69, 9.17) is 0 Å². The number of rotatable bonds is 4. The highest BCUT2D eigenvalue weighted by molar-refractivity contribution is 5.97. The van der Waals surface area contributed by atoms with E-state index in [1.54, 1.807) is 0 Å². The highest BCUT2D eigenvalue weighted by Crippen LogP contribution is 2.20. The summed E-state index contributed by atoms with van der Waals surface area (Å²) in [6.45, 7) is 3.78. The predicted octanol–water partition coefficient (Wildman–Crippen LogP) is 2.72. The third-order valence-electron chi connectivity index (χ3n) is 3.45. The van der Waals surface area contributed by atoms with E-state index in [9.17, 15) is 4.79 Å². The molecular weight excluding hydrogens is 238 g/mol. The molecule has 0 saturated carbocycles. The lowest BCUT2D eigenvalue weighted by atomic mass is 10.1. The van der Waals surface area contributed by atoms with E-state index in [-0.39, 0.29) is 0 Å². The first-order chi connectivity index (χ1) is 9.33. The van der Waals surface area contributed by atoms with Crippen molar-refractivity contribution in [3.05, 3.63) is 54.2 Å². The number of imidazole rings is 1. The molecular formula is C15H15N3O. The molecule has 3 rings (SSSR count). The molecule has 0 amide bonds. The van der Waals surface area contributed by atoms with Gasteiger partial charge in [0.25, 0.3) is 0 Å². The molecule has 4 heteroatoms. The second kappa shape index (κ2) is 4.72. The van der Waals surface area contributed by atoms with Gasteiger partial charge in [-0.3, -0.25) is 4.79 Å². The minimum Gasteiger partial charge on any atom is -0.341 e. The average Bonchev–Trinajstić information content (AvgIpc) is 3.06. The minimum atomic E-state index is 0.736. The summed E-state index contributed by atoms with van der Waals surface area (Å²) >= 11 is 0. The SMILES string of the molecule is CCn1cncc1Cn1ccc2c(C=O)cccc21. The Kier molecular flexibility index (Phi) is 2.91. The van der Waals surface area contributed by atoms with Crippen molar-refractivity contribution in [3.8, 4) is 0 Å². The molecule has 0 bridgehead atoms. The lowest BCUT2D eigenvalue weighted by molar-refractivity contribution is 0.112. The number of aryl methyl sites for hydroxylation is 1. The predicted molar refractivity (Wildman–Crippen MR) is 74.3 cm³/mol. The Balaban J connectivity index is 2.04. The Morgan fingerprint density at radius 2 is 2.16 bits per heavy atom. The van der Waals surface area contributed by atoms with Crippen LogP contribution in [0.15, 0.2) is 43.0 Å². The third-order valence-corrected chi connectivity index (χ3v) is 3.45. The van der Waals surface area contributed by atoms with Crippen molar-refractivity contribution >= 4 is 17.2 Å². The highest BCUT2D eigenvalue weighted by Gasteiger charge is 2.07. The number of hydrogen-bond acceptors (Lipinski definition) is 2. The molecule has 0 fully saturated rings. The number of hydrogen-bond donors (Lipinski definition) is 0. The van der Waals surface area contributed by atoms with Gasteiger partial charge in [0, 0.05) is 35.4 Å². The fourth-order valence-corrected chi connectivity index (χ4v) is 2.43. The second-order valence-electron chi connectivity index (χ2n) is 4.51. The molecule has 0 aliphatic heterocycles. The minimum absolute atomic E-state index is 0.736. The van der Waals surface area contributed by atoms with E-state index in [0.29, 0.717) is 0 Å². The average molecular weight is 253 g/mol. The number of benzene rings is 1. The van der Waals surface area contributed by atoms with E-state index in [2.05, 4.69) is 21.0 Å². The Bertz CT molecular complexity index is 724. The standard InChI is InChI=1S/C15H15N3O/c1-2-17-11-16-8-13(17)9-18-7-6-14-12(10-19)4-3-5-15(14)18/h3-8,10-11H,2,9H2,1H3. The van der Waals surface area contributed by atoms with Gasteiger partial charge in [-0.25, -0.2) is 4.98 Å². The van der Waals surface area contributed by atoms with Gasteiger partial charge in [0.15, 0.2) is 6.29 Å². The van der Waals surface area contributed by atoms with Crippen molar-refractivity contribution in [1.29, 1.82) is 0 Å². The smallest absolute Gasteiger partial charge is 0.150 e. The van der Waals surface area contributed by atoms with Crippen LogP contribution in [0.4, 0.5) is 0 Å². The van der Waals surface area contributed by atoms with E-state index >= 15 is 0 Å². The summed E-state index contributed by atoms with van der Waals surface area (Å²) in [6, 6.07) is 7.79. The molecule has 0 saturated heterocycles. The Morgan fingerprint density at radius 3 is 2.95 bits per heavy atom. The quantitative estimate of drug-likeness (QED) is 0.671. The van der Waals surface area contributed by atoms with Gasteiger partial charge in [-0.15, -0.1) is 0 Å². The van der Waals surface area contributed by atoms with Crippen LogP contribution in [0.3, 0.4) is 0 Å². The van der Waals surface area contributed by atoms with Crippen molar-refractivity contribution < 1.29 is 4.79 Å². The van der Waals surface area contributed by atoms with Crippen molar-refractivity contribution in [2.24, 2.45) is 0 Å². The molecule has 0 spiro atoms. The summed E-state index contributed by atoms with van der Waals surface area (Å²) in [4.78, 5) is 15.2. The van der Waals surface area contributed by atoms with E-state index < -0.39 is 0 Å². The van der Waals surface area contributed by atoms with Gasteiger partial charge in [-0.2, -0.15) is 0 Å². The number of nitrogens with zero attached hydrogens (tertiary/aromatic N) is 3. The van der Waals surface area contributed by atoms with Gasteiger partial charge in [-0.1, -0.05) is 12.1 Å². The molecule has 0 atom stereocenters. The molecule has 4 nitrogen and oxygen atoms in total. The fourth-order valence-electron chi connectivity index (χ4n) is 2.43. The number of fused-ring (bicyclic) bond motifs is 1. The Morgan fingerprint density at radius 1 is 1.26 bits per heavy atom. The number of aldehydes is 1. The van der Waals surface area contributed by atoms with Gasteiger partial charge in [0.05, 0.1) is 18.6 Å². The van der Waals surface area contributed by atoms with Crippen LogP contribution in [0, 0.1) is 0 Å². The van der Waals surface area contributed by atoms with Crippen LogP contribution in [0.2, 0.25) is 0 Å². The summed E-state index contributed by atoms with van der Waals surface area (Å²) in [5.74, 6) is 0. The monoisotopic (exact) mass is 253 g/mol. The maximum atomic E-state index is 11.0. The van der Waals surface area contributed by atoms with Gasteiger partial charge in [0.1, 0.15) is 0 Å². The third kappa shape index (κ3) is 1.95. The Labute approximate surface area is 111 Å². The van der Waals surface area contributed by atoms with Crippen LogP contribution in [0.25, 0.3) is 10.9 Å². The molecule has 2 aromatic heterocycles. The molecule has 1 aromatic carbocycles. The van der Waals surface area contributed by atoms with Gasteiger partial charge in [0.2, 0.25) is 0 Å².